The third kappa shape index (κ3) is 1.27. The van der Waals surface area contributed by atoms with Crippen molar-refractivity contribution in [2.45, 2.75) is 67.2 Å². The van der Waals surface area contributed by atoms with Crippen LogP contribution in [0, 0.1) is 22.7 Å². The molecule has 3 aliphatic rings. The minimum Gasteiger partial charge on any atom is -0.0763 e. The Labute approximate surface area is 113 Å². The lowest BCUT2D eigenvalue weighted by Gasteiger charge is -2.50. The molecular weight excluding hydrogens is 216 g/mol. The maximum atomic E-state index is 2.56. The molecule has 2 saturated carbocycles. The summed E-state index contributed by atoms with van der Waals surface area (Å²) in [5, 5.41) is 0. The third-order valence-electron chi connectivity index (χ3n) is 6.41. The second kappa shape index (κ2) is 3.52. The van der Waals surface area contributed by atoms with Crippen molar-refractivity contribution in [2.75, 3.05) is 0 Å². The molecule has 3 unspecified atom stereocenters. The van der Waals surface area contributed by atoms with Gasteiger partial charge < -0.3 is 0 Å². The van der Waals surface area contributed by atoms with Gasteiger partial charge in [0.2, 0.25) is 0 Å². The SMILES string of the molecule is CC(C)=C1C2CCC1(C)C1CCC(C)=C1C2(C)C. The van der Waals surface area contributed by atoms with Gasteiger partial charge in [-0.2, -0.15) is 0 Å². The van der Waals surface area contributed by atoms with Crippen LogP contribution >= 0.6 is 0 Å². The van der Waals surface area contributed by atoms with Crippen molar-refractivity contribution >= 4 is 0 Å². The fraction of sp³-hybridized carbons (Fsp3) is 0.778. The summed E-state index contributed by atoms with van der Waals surface area (Å²) in [5.41, 5.74) is 7.90. The fourth-order valence-electron chi connectivity index (χ4n) is 5.89. The number of fused-ring (bicyclic) bond motifs is 4. The van der Waals surface area contributed by atoms with Crippen LogP contribution in [0.25, 0.3) is 0 Å². The zero-order valence-electron chi connectivity index (χ0n) is 13.0. The van der Waals surface area contributed by atoms with Gasteiger partial charge in [-0.3, -0.25) is 0 Å². The Bertz CT molecular complexity index is 456. The smallest absolute Gasteiger partial charge is 0.00448 e. The van der Waals surface area contributed by atoms with Gasteiger partial charge >= 0.3 is 0 Å². The predicted octanol–water partition coefficient (Wildman–Crippen LogP) is 5.51. The first-order chi connectivity index (χ1) is 8.30. The summed E-state index contributed by atoms with van der Waals surface area (Å²) >= 11 is 0. The van der Waals surface area contributed by atoms with Crippen LogP contribution < -0.4 is 0 Å². The molecule has 0 aromatic rings. The van der Waals surface area contributed by atoms with E-state index < -0.39 is 0 Å². The second-order valence-electron chi connectivity index (χ2n) is 7.93. The highest BCUT2D eigenvalue weighted by atomic mass is 14.6. The first-order valence-corrected chi connectivity index (χ1v) is 7.68. The lowest BCUT2D eigenvalue weighted by atomic mass is 9.54. The van der Waals surface area contributed by atoms with Crippen molar-refractivity contribution in [3.05, 3.63) is 22.3 Å². The summed E-state index contributed by atoms with van der Waals surface area (Å²) < 4.78 is 0. The fourth-order valence-corrected chi connectivity index (χ4v) is 5.89. The molecule has 100 valence electrons. The van der Waals surface area contributed by atoms with E-state index in [4.69, 9.17) is 0 Å². The molecule has 2 fully saturated rings. The van der Waals surface area contributed by atoms with Gasteiger partial charge in [0.25, 0.3) is 0 Å². The van der Waals surface area contributed by atoms with Crippen LogP contribution in [0.15, 0.2) is 22.3 Å². The Balaban J connectivity index is 2.25. The van der Waals surface area contributed by atoms with E-state index in [1.54, 1.807) is 11.1 Å². The van der Waals surface area contributed by atoms with Crippen molar-refractivity contribution in [2.24, 2.45) is 22.7 Å². The first kappa shape index (κ1) is 12.5. The average molecular weight is 244 g/mol. The highest BCUT2D eigenvalue weighted by Gasteiger charge is 2.59. The maximum Gasteiger partial charge on any atom is -0.00448 e. The summed E-state index contributed by atoms with van der Waals surface area (Å²) in [5.74, 6) is 1.66. The minimum atomic E-state index is 0.411. The van der Waals surface area contributed by atoms with Crippen molar-refractivity contribution in [1.29, 1.82) is 0 Å². The Hall–Kier alpha value is -0.520. The Morgan fingerprint density at radius 1 is 1.06 bits per heavy atom. The molecule has 0 saturated heterocycles. The van der Waals surface area contributed by atoms with Crippen molar-refractivity contribution in [3.8, 4) is 0 Å². The Morgan fingerprint density at radius 3 is 2.33 bits per heavy atom. The lowest BCUT2D eigenvalue weighted by Crippen LogP contribution is -2.41. The number of hydrogen-bond acceptors (Lipinski definition) is 0. The van der Waals surface area contributed by atoms with Gasteiger partial charge in [-0.25, -0.2) is 0 Å². The van der Waals surface area contributed by atoms with E-state index in [1.807, 2.05) is 11.1 Å². The quantitative estimate of drug-likeness (QED) is 0.493. The highest BCUT2D eigenvalue weighted by Crippen LogP contribution is 2.69. The van der Waals surface area contributed by atoms with Gasteiger partial charge in [0.05, 0.1) is 0 Å². The van der Waals surface area contributed by atoms with Gasteiger partial charge in [0.15, 0.2) is 0 Å². The van der Waals surface area contributed by atoms with E-state index in [9.17, 15) is 0 Å². The van der Waals surface area contributed by atoms with Crippen LogP contribution in [0.1, 0.15) is 67.2 Å². The molecule has 0 heteroatoms. The van der Waals surface area contributed by atoms with Gasteiger partial charge in [-0.1, -0.05) is 43.1 Å². The summed E-state index contributed by atoms with van der Waals surface area (Å²) in [7, 11) is 0. The summed E-state index contributed by atoms with van der Waals surface area (Å²) in [4.78, 5) is 0. The normalized spacial score (nSPS) is 41.3. The van der Waals surface area contributed by atoms with Crippen LogP contribution in [-0.4, -0.2) is 0 Å². The molecule has 0 aromatic heterocycles. The predicted molar refractivity (Wildman–Crippen MR) is 78.4 cm³/mol. The van der Waals surface area contributed by atoms with E-state index in [2.05, 4.69) is 41.5 Å². The van der Waals surface area contributed by atoms with E-state index in [-0.39, 0.29) is 0 Å². The molecule has 0 aromatic carbocycles. The van der Waals surface area contributed by atoms with E-state index >= 15 is 0 Å². The van der Waals surface area contributed by atoms with Crippen LogP contribution in [-0.2, 0) is 0 Å². The molecule has 2 bridgehead atoms. The standard InChI is InChI=1S/C18H28/c1-11(2)15-13-9-10-18(15,6)14-8-7-12(3)16(14)17(13,4)5/h13-14H,7-10H2,1-6H3. The zero-order chi connectivity index (χ0) is 13.3. The van der Waals surface area contributed by atoms with Gasteiger partial charge in [-0.05, 0) is 69.1 Å². The van der Waals surface area contributed by atoms with Crippen molar-refractivity contribution in [1.82, 2.24) is 0 Å². The summed E-state index contributed by atoms with van der Waals surface area (Å²) in [6.07, 6.45) is 5.59. The van der Waals surface area contributed by atoms with Crippen LogP contribution in [0.3, 0.4) is 0 Å². The van der Waals surface area contributed by atoms with Crippen LogP contribution in [0.2, 0.25) is 0 Å². The van der Waals surface area contributed by atoms with Crippen LogP contribution in [0.5, 0.6) is 0 Å². The largest absolute Gasteiger partial charge is 0.0763 e. The second-order valence-corrected chi connectivity index (χ2v) is 7.93. The van der Waals surface area contributed by atoms with E-state index in [0.29, 0.717) is 10.8 Å². The number of hydrogen-bond donors (Lipinski definition) is 0. The molecule has 0 heterocycles. The van der Waals surface area contributed by atoms with Gasteiger partial charge in [-0.15, -0.1) is 0 Å². The highest BCUT2D eigenvalue weighted by molar-refractivity contribution is 5.44. The Morgan fingerprint density at radius 2 is 1.72 bits per heavy atom. The average Bonchev–Trinajstić information content (AvgIpc) is 2.78. The molecule has 0 aliphatic heterocycles. The number of allylic oxidation sites excluding steroid dienone is 4. The zero-order valence-corrected chi connectivity index (χ0v) is 13.0. The third-order valence-corrected chi connectivity index (χ3v) is 6.41. The molecule has 3 aliphatic carbocycles. The molecule has 18 heavy (non-hydrogen) atoms. The van der Waals surface area contributed by atoms with Crippen molar-refractivity contribution in [3.63, 3.8) is 0 Å². The van der Waals surface area contributed by atoms with E-state index in [0.717, 1.165) is 11.8 Å². The molecule has 0 amide bonds. The Kier molecular flexibility index (Phi) is 2.45. The first-order valence-electron chi connectivity index (χ1n) is 7.68. The molecule has 0 nitrogen and oxygen atoms in total. The van der Waals surface area contributed by atoms with Gasteiger partial charge in [0.1, 0.15) is 0 Å². The topological polar surface area (TPSA) is 0 Å². The molecule has 0 spiro atoms. The van der Waals surface area contributed by atoms with Crippen LogP contribution in [0.4, 0.5) is 0 Å². The monoisotopic (exact) mass is 244 g/mol. The lowest BCUT2D eigenvalue weighted by molar-refractivity contribution is 0.184. The maximum absolute atomic E-state index is 2.56. The number of rotatable bonds is 0. The molecule has 0 radical (unpaired) electrons. The molecule has 0 N–H and O–H groups in total. The molecular formula is C18H28. The van der Waals surface area contributed by atoms with E-state index in [1.165, 1.54) is 25.7 Å². The molecule has 3 rings (SSSR count). The summed E-state index contributed by atoms with van der Waals surface area (Å²) in [6, 6.07) is 0. The molecule has 3 atom stereocenters. The minimum absolute atomic E-state index is 0.411. The van der Waals surface area contributed by atoms with Crippen molar-refractivity contribution < 1.29 is 0 Å². The summed E-state index contributed by atoms with van der Waals surface area (Å²) in [6.45, 7) is 14.7. The van der Waals surface area contributed by atoms with Gasteiger partial charge in [0, 0.05) is 0 Å².